The van der Waals surface area contributed by atoms with Gasteiger partial charge in [0.15, 0.2) is 5.78 Å². The molecule has 1 aromatic heterocycles. The molecule has 1 heterocycles. The Morgan fingerprint density at radius 2 is 1.77 bits per heavy atom. The second-order valence-corrected chi connectivity index (χ2v) is 6.20. The average molecular weight is 354 g/mol. The third-order valence-corrected chi connectivity index (χ3v) is 4.51. The highest BCUT2D eigenvalue weighted by Crippen LogP contribution is 2.26. The predicted molar refractivity (Wildman–Crippen MR) is 95.2 cm³/mol. The summed E-state index contributed by atoms with van der Waals surface area (Å²) in [5, 5.41) is 1.17. The molecule has 110 valence electrons. The summed E-state index contributed by atoms with van der Waals surface area (Å²) in [6, 6.07) is 15.6. The van der Waals surface area contributed by atoms with Gasteiger partial charge < -0.3 is 4.57 Å². The van der Waals surface area contributed by atoms with Gasteiger partial charge in [-0.2, -0.15) is 0 Å². The molecule has 0 bridgehead atoms. The van der Waals surface area contributed by atoms with Gasteiger partial charge in [0.2, 0.25) is 0 Å². The normalized spacial score (nSPS) is 11.4. The number of fused-ring (bicyclic) bond motifs is 1. The van der Waals surface area contributed by atoms with Crippen molar-refractivity contribution < 1.29 is 4.79 Å². The van der Waals surface area contributed by atoms with Crippen LogP contribution in [0.4, 0.5) is 0 Å². The van der Waals surface area contributed by atoms with Crippen molar-refractivity contribution in [1.29, 1.82) is 0 Å². The minimum absolute atomic E-state index is 0.0137. The minimum atomic E-state index is 0.0137. The number of allylic oxidation sites excluding steroid dienone is 1. The molecular formula is C19H16BrNO. The summed E-state index contributed by atoms with van der Waals surface area (Å²) < 4.78 is 3.12. The molecule has 3 aromatic rings. The predicted octanol–water partition coefficient (Wildman–Crippen LogP) is 5.15. The molecule has 3 heteroatoms. The maximum atomic E-state index is 12.3. The van der Waals surface area contributed by atoms with Gasteiger partial charge in [0, 0.05) is 39.2 Å². The largest absolute Gasteiger partial charge is 0.347 e. The Hall–Kier alpha value is -2.13. The monoisotopic (exact) mass is 353 g/mol. The van der Waals surface area contributed by atoms with Crippen molar-refractivity contribution in [3.8, 4) is 0 Å². The first-order valence-corrected chi connectivity index (χ1v) is 7.89. The van der Waals surface area contributed by atoms with Crippen LogP contribution in [0.25, 0.3) is 17.0 Å². The molecule has 0 N–H and O–H groups in total. The molecule has 0 spiro atoms. The van der Waals surface area contributed by atoms with E-state index in [-0.39, 0.29) is 5.78 Å². The molecule has 0 radical (unpaired) electrons. The van der Waals surface area contributed by atoms with E-state index in [2.05, 4.69) is 39.6 Å². The molecule has 2 aromatic carbocycles. The van der Waals surface area contributed by atoms with Crippen molar-refractivity contribution in [1.82, 2.24) is 4.57 Å². The van der Waals surface area contributed by atoms with Gasteiger partial charge in [-0.05, 0) is 49.4 Å². The lowest BCUT2D eigenvalue weighted by atomic mass is 10.1. The summed E-state index contributed by atoms with van der Waals surface area (Å²) in [6.45, 7) is 2.07. The number of aryl methyl sites for hydroxylation is 1. The zero-order valence-electron chi connectivity index (χ0n) is 12.5. The van der Waals surface area contributed by atoms with E-state index in [9.17, 15) is 4.79 Å². The number of aromatic nitrogens is 1. The summed E-state index contributed by atoms with van der Waals surface area (Å²) in [4.78, 5) is 12.3. The van der Waals surface area contributed by atoms with Crippen LogP contribution in [0, 0.1) is 6.92 Å². The second-order valence-electron chi connectivity index (χ2n) is 5.28. The van der Waals surface area contributed by atoms with Crippen molar-refractivity contribution in [3.05, 3.63) is 75.9 Å². The second kappa shape index (κ2) is 5.93. The van der Waals surface area contributed by atoms with Crippen molar-refractivity contribution in [2.45, 2.75) is 6.92 Å². The SMILES string of the molecule is Cc1c(C=CC(=O)c2ccc(Br)cc2)c2ccccc2n1C. The van der Waals surface area contributed by atoms with Gasteiger partial charge in [-0.1, -0.05) is 34.1 Å². The Balaban J connectivity index is 1.97. The van der Waals surface area contributed by atoms with E-state index in [1.54, 1.807) is 6.08 Å². The summed E-state index contributed by atoms with van der Waals surface area (Å²) >= 11 is 3.38. The molecule has 0 atom stereocenters. The fourth-order valence-electron chi connectivity index (χ4n) is 2.63. The highest BCUT2D eigenvalue weighted by atomic mass is 79.9. The van der Waals surface area contributed by atoms with Crippen LogP contribution in [0.3, 0.4) is 0 Å². The summed E-state index contributed by atoms with van der Waals surface area (Å²) in [5.74, 6) is 0.0137. The fourth-order valence-corrected chi connectivity index (χ4v) is 2.89. The van der Waals surface area contributed by atoms with Crippen molar-refractivity contribution >= 4 is 38.7 Å². The molecule has 0 saturated heterocycles. The maximum Gasteiger partial charge on any atom is 0.185 e. The lowest BCUT2D eigenvalue weighted by Gasteiger charge is -1.98. The molecule has 0 amide bonds. The molecule has 3 rings (SSSR count). The van der Waals surface area contributed by atoms with E-state index in [0.29, 0.717) is 5.56 Å². The van der Waals surface area contributed by atoms with E-state index < -0.39 is 0 Å². The first-order chi connectivity index (χ1) is 10.6. The molecule has 0 aliphatic carbocycles. The fraction of sp³-hybridized carbons (Fsp3) is 0.105. The Bertz CT molecular complexity index is 872. The Labute approximate surface area is 138 Å². The maximum absolute atomic E-state index is 12.3. The summed E-state index contributed by atoms with van der Waals surface area (Å²) in [6.07, 6.45) is 3.57. The highest BCUT2D eigenvalue weighted by Gasteiger charge is 2.09. The molecule has 0 aliphatic rings. The zero-order chi connectivity index (χ0) is 15.7. The average Bonchev–Trinajstić information content (AvgIpc) is 2.78. The molecule has 0 aliphatic heterocycles. The number of halogens is 1. The third-order valence-electron chi connectivity index (χ3n) is 3.98. The van der Waals surface area contributed by atoms with E-state index in [1.165, 1.54) is 10.9 Å². The van der Waals surface area contributed by atoms with Crippen LogP contribution in [-0.4, -0.2) is 10.4 Å². The van der Waals surface area contributed by atoms with Crippen LogP contribution >= 0.6 is 15.9 Å². The Kier molecular flexibility index (Phi) is 3.99. The topological polar surface area (TPSA) is 22.0 Å². The number of ketones is 1. The number of benzene rings is 2. The summed E-state index contributed by atoms with van der Waals surface area (Å²) in [5.41, 5.74) is 4.12. The van der Waals surface area contributed by atoms with Crippen molar-refractivity contribution in [2.24, 2.45) is 7.05 Å². The van der Waals surface area contributed by atoms with Crippen LogP contribution in [-0.2, 0) is 7.05 Å². The number of carbonyl (C=O) groups is 1. The van der Waals surface area contributed by atoms with Gasteiger partial charge in [-0.15, -0.1) is 0 Å². The van der Waals surface area contributed by atoms with Gasteiger partial charge in [0.1, 0.15) is 0 Å². The lowest BCUT2D eigenvalue weighted by Crippen LogP contribution is -1.94. The zero-order valence-corrected chi connectivity index (χ0v) is 14.1. The number of para-hydroxylation sites is 1. The van der Waals surface area contributed by atoms with Crippen LogP contribution in [0.15, 0.2) is 59.1 Å². The van der Waals surface area contributed by atoms with E-state index >= 15 is 0 Å². The van der Waals surface area contributed by atoms with E-state index in [0.717, 1.165) is 15.7 Å². The number of nitrogens with zero attached hydrogens (tertiary/aromatic N) is 1. The molecule has 0 saturated carbocycles. The number of carbonyl (C=O) groups excluding carboxylic acids is 1. The van der Waals surface area contributed by atoms with Crippen LogP contribution < -0.4 is 0 Å². The van der Waals surface area contributed by atoms with Gasteiger partial charge in [0.25, 0.3) is 0 Å². The Morgan fingerprint density at radius 1 is 1.09 bits per heavy atom. The van der Waals surface area contributed by atoms with Gasteiger partial charge >= 0.3 is 0 Å². The lowest BCUT2D eigenvalue weighted by molar-refractivity contribution is 0.104. The summed E-state index contributed by atoms with van der Waals surface area (Å²) in [7, 11) is 2.05. The van der Waals surface area contributed by atoms with Crippen molar-refractivity contribution in [3.63, 3.8) is 0 Å². The van der Waals surface area contributed by atoms with Crippen LogP contribution in [0.2, 0.25) is 0 Å². The molecular weight excluding hydrogens is 338 g/mol. The van der Waals surface area contributed by atoms with Gasteiger partial charge in [-0.3, -0.25) is 4.79 Å². The van der Waals surface area contributed by atoms with E-state index in [1.807, 2.05) is 49.5 Å². The first kappa shape index (κ1) is 14.8. The smallest absolute Gasteiger partial charge is 0.185 e. The number of rotatable bonds is 3. The van der Waals surface area contributed by atoms with Crippen LogP contribution in [0.1, 0.15) is 21.6 Å². The van der Waals surface area contributed by atoms with Crippen molar-refractivity contribution in [2.75, 3.05) is 0 Å². The quantitative estimate of drug-likeness (QED) is 0.471. The molecule has 0 fully saturated rings. The number of hydrogen-bond acceptors (Lipinski definition) is 1. The first-order valence-electron chi connectivity index (χ1n) is 7.10. The van der Waals surface area contributed by atoms with Crippen LogP contribution in [0.5, 0.6) is 0 Å². The minimum Gasteiger partial charge on any atom is -0.347 e. The molecule has 0 unspecified atom stereocenters. The standard InChI is InChI=1S/C19H16BrNO/c1-13-16(17-5-3-4-6-18(17)21(13)2)11-12-19(22)14-7-9-15(20)10-8-14/h3-12H,1-2H3. The molecule has 22 heavy (non-hydrogen) atoms. The molecule has 2 nitrogen and oxygen atoms in total. The highest BCUT2D eigenvalue weighted by molar-refractivity contribution is 9.10. The van der Waals surface area contributed by atoms with Gasteiger partial charge in [-0.25, -0.2) is 0 Å². The van der Waals surface area contributed by atoms with Gasteiger partial charge in [0.05, 0.1) is 0 Å². The third kappa shape index (κ3) is 2.64. The Morgan fingerprint density at radius 3 is 2.50 bits per heavy atom. The number of hydrogen-bond donors (Lipinski definition) is 0. The van der Waals surface area contributed by atoms with E-state index in [4.69, 9.17) is 0 Å².